The second kappa shape index (κ2) is 10.4. The minimum atomic E-state index is -0.113. The molecule has 5 nitrogen and oxygen atoms in total. The van der Waals surface area contributed by atoms with Gasteiger partial charge in [0.15, 0.2) is 11.7 Å². The predicted molar refractivity (Wildman–Crippen MR) is 127 cm³/mol. The summed E-state index contributed by atoms with van der Waals surface area (Å²) in [4.78, 5) is 17.3. The lowest BCUT2D eigenvalue weighted by molar-refractivity contribution is -0.116. The average Bonchev–Trinajstić information content (AvgIpc) is 3.28. The molecular formula is C27H26N2O3. The summed E-state index contributed by atoms with van der Waals surface area (Å²) in [5.74, 6) is 1.81. The molecule has 5 heteroatoms. The van der Waals surface area contributed by atoms with Crippen molar-refractivity contribution in [3.05, 3.63) is 90.8 Å². The van der Waals surface area contributed by atoms with E-state index in [1.807, 2.05) is 91.9 Å². The van der Waals surface area contributed by atoms with Crippen molar-refractivity contribution >= 4 is 11.6 Å². The largest absolute Gasteiger partial charge is 0.491 e. The number of nitrogens with zero attached hydrogens (tertiary/aromatic N) is 1. The number of carbonyl (C=O) groups excluding carboxylic acids is 1. The first-order valence-electron chi connectivity index (χ1n) is 10.9. The van der Waals surface area contributed by atoms with Gasteiger partial charge < -0.3 is 14.5 Å². The van der Waals surface area contributed by atoms with Crippen LogP contribution in [0.1, 0.15) is 25.7 Å². The number of oxazole rings is 1. The fourth-order valence-electron chi connectivity index (χ4n) is 3.39. The highest BCUT2D eigenvalue weighted by atomic mass is 16.5. The Labute approximate surface area is 188 Å². The molecule has 0 unspecified atom stereocenters. The Morgan fingerprint density at radius 1 is 0.906 bits per heavy atom. The molecule has 4 aromatic rings. The number of hydrogen-bond donors (Lipinski definition) is 1. The summed E-state index contributed by atoms with van der Waals surface area (Å²) in [7, 11) is 0. The number of carbonyl (C=O) groups is 1. The topological polar surface area (TPSA) is 64.4 Å². The number of anilines is 1. The Balaban J connectivity index is 1.49. The molecule has 0 fully saturated rings. The van der Waals surface area contributed by atoms with Gasteiger partial charge in [-0.1, -0.05) is 79.7 Å². The summed E-state index contributed by atoms with van der Waals surface area (Å²) in [6.07, 6.45) is 1.56. The van der Waals surface area contributed by atoms with Gasteiger partial charge in [-0.05, 0) is 18.6 Å². The van der Waals surface area contributed by atoms with Crippen LogP contribution in [-0.4, -0.2) is 17.5 Å². The van der Waals surface area contributed by atoms with Gasteiger partial charge in [-0.25, -0.2) is 4.98 Å². The van der Waals surface area contributed by atoms with E-state index in [1.54, 1.807) is 0 Å². The molecule has 0 radical (unpaired) electrons. The Morgan fingerprint density at radius 3 is 2.28 bits per heavy atom. The third kappa shape index (κ3) is 5.24. The number of hydrogen-bond acceptors (Lipinski definition) is 4. The van der Waals surface area contributed by atoms with Gasteiger partial charge in [0.05, 0.1) is 12.3 Å². The number of rotatable bonds is 9. The van der Waals surface area contributed by atoms with Gasteiger partial charge in [0.25, 0.3) is 0 Å². The maximum absolute atomic E-state index is 12.6. The smallest absolute Gasteiger partial charge is 0.224 e. The highest BCUT2D eigenvalue weighted by molar-refractivity contribution is 5.92. The Morgan fingerprint density at radius 2 is 1.56 bits per heavy atom. The number of benzene rings is 3. The van der Waals surface area contributed by atoms with Crippen LogP contribution >= 0.6 is 0 Å². The quantitative estimate of drug-likeness (QED) is 0.338. The summed E-state index contributed by atoms with van der Waals surface area (Å²) in [5, 5.41) is 2.94. The van der Waals surface area contributed by atoms with Gasteiger partial charge in [-0.2, -0.15) is 0 Å². The van der Waals surface area contributed by atoms with E-state index in [2.05, 4.69) is 5.32 Å². The van der Waals surface area contributed by atoms with Crippen molar-refractivity contribution in [1.29, 1.82) is 0 Å². The van der Waals surface area contributed by atoms with E-state index in [0.29, 0.717) is 36.1 Å². The Bertz CT molecular complexity index is 1100. The second-order valence-electron chi connectivity index (χ2n) is 7.41. The van der Waals surface area contributed by atoms with E-state index in [1.165, 1.54) is 0 Å². The molecular weight excluding hydrogens is 400 g/mol. The molecule has 1 N–H and O–H groups in total. The molecule has 0 aliphatic rings. The second-order valence-corrected chi connectivity index (χ2v) is 7.41. The summed E-state index contributed by atoms with van der Waals surface area (Å²) in [6.45, 7) is 2.65. The predicted octanol–water partition coefficient (Wildman–Crippen LogP) is 6.37. The van der Waals surface area contributed by atoms with Crippen LogP contribution in [0.5, 0.6) is 5.75 Å². The molecule has 0 saturated carbocycles. The zero-order valence-electron chi connectivity index (χ0n) is 18.1. The Hall–Kier alpha value is -3.86. The molecule has 1 heterocycles. The maximum Gasteiger partial charge on any atom is 0.224 e. The monoisotopic (exact) mass is 426 g/mol. The summed E-state index contributed by atoms with van der Waals surface area (Å²) < 4.78 is 11.8. The number of aromatic nitrogens is 1. The van der Waals surface area contributed by atoms with Gasteiger partial charge in [0.1, 0.15) is 11.4 Å². The van der Waals surface area contributed by atoms with E-state index >= 15 is 0 Å². The molecule has 0 aliphatic carbocycles. The van der Waals surface area contributed by atoms with Crippen molar-refractivity contribution in [2.45, 2.75) is 26.2 Å². The first kappa shape index (κ1) is 21.4. The minimum Gasteiger partial charge on any atom is -0.491 e. The van der Waals surface area contributed by atoms with Gasteiger partial charge >= 0.3 is 0 Å². The van der Waals surface area contributed by atoms with Gasteiger partial charge in [-0.15, -0.1) is 0 Å². The number of ether oxygens (including phenoxy) is 1. The lowest BCUT2D eigenvalue weighted by atomic mass is 10.1. The summed E-state index contributed by atoms with van der Waals surface area (Å²) in [6, 6.07) is 27.3. The minimum absolute atomic E-state index is 0.113. The summed E-state index contributed by atoms with van der Waals surface area (Å²) >= 11 is 0. The van der Waals surface area contributed by atoms with Crippen LogP contribution in [0.3, 0.4) is 0 Å². The zero-order chi connectivity index (χ0) is 22.2. The van der Waals surface area contributed by atoms with Gasteiger partial charge in [0.2, 0.25) is 5.91 Å². The molecule has 3 aromatic carbocycles. The molecule has 0 atom stereocenters. The molecule has 0 bridgehead atoms. The van der Waals surface area contributed by atoms with E-state index in [0.717, 1.165) is 23.2 Å². The maximum atomic E-state index is 12.6. The normalized spacial score (nSPS) is 10.7. The van der Waals surface area contributed by atoms with E-state index in [4.69, 9.17) is 14.1 Å². The lowest BCUT2D eigenvalue weighted by Gasteiger charge is -2.11. The SMILES string of the molecule is CCCOc1ccccc1NC(=O)CCc1nc(-c2ccccc2)c(-c2ccccc2)o1. The van der Waals surface area contributed by atoms with Crippen molar-refractivity contribution in [2.75, 3.05) is 11.9 Å². The summed E-state index contributed by atoms with van der Waals surface area (Å²) in [5.41, 5.74) is 3.39. The van der Waals surface area contributed by atoms with E-state index < -0.39 is 0 Å². The zero-order valence-corrected chi connectivity index (χ0v) is 18.1. The fourth-order valence-corrected chi connectivity index (χ4v) is 3.39. The van der Waals surface area contributed by atoms with Crippen LogP contribution < -0.4 is 10.1 Å². The highest BCUT2D eigenvalue weighted by Crippen LogP contribution is 2.33. The first-order chi connectivity index (χ1) is 15.7. The van der Waals surface area contributed by atoms with Gasteiger partial charge in [0, 0.05) is 24.0 Å². The van der Waals surface area contributed by atoms with E-state index in [9.17, 15) is 4.79 Å². The van der Waals surface area contributed by atoms with Crippen LogP contribution in [0.25, 0.3) is 22.6 Å². The van der Waals surface area contributed by atoms with Crippen LogP contribution in [-0.2, 0) is 11.2 Å². The molecule has 0 spiro atoms. The highest BCUT2D eigenvalue weighted by Gasteiger charge is 2.17. The molecule has 4 rings (SSSR count). The standard InChI is InChI=1S/C27H26N2O3/c1-2-19-31-23-16-10-9-15-22(23)28-24(30)17-18-25-29-26(20-11-5-3-6-12-20)27(32-25)21-13-7-4-8-14-21/h3-16H,2,17-19H2,1H3,(H,28,30). The third-order valence-electron chi connectivity index (χ3n) is 4.94. The molecule has 1 amide bonds. The van der Waals surface area contributed by atoms with Crippen molar-refractivity contribution in [2.24, 2.45) is 0 Å². The van der Waals surface area contributed by atoms with E-state index in [-0.39, 0.29) is 12.3 Å². The lowest BCUT2D eigenvalue weighted by Crippen LogP contribution is -2.13. The van der Waals surface area contributed by atoms with Crippen molar-refractivity contribution in [1.82, 2.24) is 4.98 Å². The Kier molecular flexibility index (Phi) is 6.98. The number of nitrogens with one attached hydrogen (secondary N) is 1. The van der Waals surface area contributed by atoms with Crippen molar-refractivity contribution in [3.8, 4) is 28.3 Å². The average molecular weight is 427 g/mol. The fraction of sp³-hybridized carbons (Fsp3) is 0.185. The van der Waals surface area contributed by atoms with Crippen molar-refractivity contribution < 1.29 is 13.9 Å². The molecule has 32 heavy (non-hydrogen) atoms. The van der Waals surface area contributed by atoms with Gasteiger partial charge in [-0.3, -0.25) is 4.79 Å². The molecule has 162 valence electrons. The third-order valence-corrected chi connectivity index (χ3v) is 4.94. The first-order valence-corrected chi connectivity index (χ1v) is 10.9. The van der Waals surface area contributed by atoms with Crippen LogP contribution in [0.2, 0.25) is 0 Å². The number of amides is 1. The van der Waals surface area contributed by atoms with Crippen LogP contribution in [0.15, 0.2) is 89.3 Å². The van der Waals surface area contributed by atoms with Crippen molar-refractivity contribution in [3.63, 3.8) is 0 Å². The molecule has 0 saturated heterocycles. The molecule has 1 aromatic heterocycles. The molecule has 0 aliphatic heterocycles. The van der Waals surface area contributed by atoms with Crippen LogP contribution in [0, 0.1) is 0 Å². The van der Waals surface area contributed by atoms with Crippen LogP contribution in [0.4, 0.5) is 5.69 Å². The number of para-hydroxylation sites is 2. The number of aryl methyl sites for hydroxylation is 1.